The molecule has 5 heterocycles. The second-order valence-corrected chi connectivity index (χ2v) is 32.6. The Morgan fingerprint density at radius 1 is 0.623 bits per heavy atom. The van der Waals surface area contributed by atoms with Crippen LogP contribution in [0.25, 0.3) is 0 Å². The molecule has 23 nitrogen and oxygen atoms in total. The average molecular weight is 1600 g/mol. The zero-order valence-electron chi connectivity index (χ0n) is 72.2. The van der Waals surface area contributed by atoms with E-state index in [0.29, 0.717) is 42.9 Å². The first kappa shape index (κ1) is 96.3. The summed E-state index contributed by atoms with van der Waals surface area (Å²) in [6.07, 6.45) is 8.21. The third kappa shape index (κ3) is 26.1. The Morgan fingerprint density at radius 2 is 1.20 bits per heavy atom. The van der Waals surface area contributed by atoms with Crippen molar-refractivity contribution >= 4 is 64.3 Å². The molecule has 0 spiro atoms. The molecule has 0 bridgehead atoms. The van der Waals surface area contributed by atoms with Crippen molar-refractivity contribution in [3.8, 4) is 5.75 Å². The molecular weight excluding hydrogens is 1460 g/mol. The van der Waals surface area contributed by atoms with Gasteiger partial charge in [0.2, 0.25) is 47.1 Å². The number of rotatable bonds is 25. The highest BCUT2D eigenvalue weighted by Gasteiger charge is 2.47. The number of fused-ring (bicyclic) bond motifs is 2. The van der Waals surface area contributed by atoms with Crippen LogP contribution in [0.1, 0.15) is 236 Å². The molecule has 8 N–H and O–H groups in total. The minimum atomic E-state index is -0.807. The van der Waals surface area contributed by atoms with Crippen LogP contribution in [0.15, 0.2) is 102 Å². The number of piperidine rings is 1. The maximum Gasteiger partial charge on any atom is 0.246 e. The zero-order chi connectivity index (χ0) is 84.9. The highest BCUT2D eigenvalue weighted by atomic mass is 32.1. The Balaban J connectivity index is 0.000000296. The number of ketones is 2. The minimum absolute atomic E-state index is 0.00838. The van der Waals surface area contributed by atoms with E-state index in [4.69, 9.17) is 4.74 Å². The predicted molar refractivity (Wildman–Crippen MR) is 453 cm³/mol. The van der Waals surface area contributed by atoms with Crippen LogP contribution in [0.3, 0.4) is 0 Å². The van der Waals surface area contributed by atoms with Gasteiger partial charge in [0.25, 0.3) is 0 Å². The number of carbonyl (C=O) groups excluding carboxylic acids is 9. The summed E-state index contributed by atoms with van der Waals surface area (Å²) in [6.45, 7) is 34.1. The molecule has 114 heavy (non-hydrogen) atoms. The molecule has 10 rings (SSSR count). The lowest BCUT2D eigenvalue weighted by Crippen LogP contribution is -2.62. The molecule has 0 unspecified atom stereocenters. The van der Waals surface area contributed by atoms with Crippen LogP contribution in [0, 0.1) is 28.5 Å². The van der Waals surface area contributed by atoms with Gasteiger partial charge in [-0.05, 0) is 208 Å². The predicted octanol–water partition coefficient (Wildman–Crippen LogP) is 11.6. The third-order valence-electron chi connectivity index (χ3n) is 22.2. The highest BCUT2D eigenvalue weighted by Crippen LogP contribution is 2.40. The number of thiazole rings is 1. The molecule has 4 aromatic carbocycles. The van der Waals surface area contributed by atoms with E-state index in [1.54, 1.807) is 57.3 Å². The molecule has 5 aromatic rings. The number of amides is 7. The van der Waals surface area contributed by atoms with Crippen molar-refractivity contribution in [3.05, 3.63) is 152 Å². The van der Waals surface area contributed by atoms with Gasteiger partial charge < -0.3 is 66.9 Å². The summed E-state index contributed by atoms with van der Waals surface area (Å²) in [6, 6.07) is 24.9. The Morgan fingerprint density at radius 3 is 1.76 bits per heavy atom. The fourth-order valence-electron chi connectivity index (χ4n) is 14.9. The molecule has 4 aliphatic heterocycles. The fourth-order valence-corrected chi connectivity index (χ4v) is 15.8. The van der Waals surface area contributed by atoms with Crippen molar-refractivity contribution in [2.45, 2.75) is 254 Å². The number of likely N-dealkylation sites (N-methyl/N-ethyl adjacent to an activating group) is 4. The van der Waals surface area contributed by atoms with E-state index in [2.05, 4.69) is 71.6 Å². The number of nitrogens with zero attached hydrogens (tertiary/aromatic N) is 5. The summed E-state index contributed by atoms with van der Waals surface area (Å²) >= 11 is 1.38. The Hall–Kier alpha value is -8.33. The lowest BCUT2D eigenvalue weighted by Gasteiger charge is -2.41. The summed E-state index contributed by atoms with van der Waals surface area (Å²) in [5, 5.41) is 26.8. The van der Waals surface area contributed by atoms with Crippen LogP contribution in [0.5, 0.6) is 5.75 Å². The lowest BCUT2D eigenvalue weighted by molar-refractivity contribution is -0.147. The second kappa shape index (κ2) is 46.4. The van der Waals surface area contributed by atoms with Crippen LogP contribution in [-0.2, 0) is 57.7 Å². The number of benzene rings is 4. The Labute approximate surface area is 683 Å². The number of aromatic nitrogens is 1. The largest absolute Gasteiger partial charge is 0.497 e. The van der Waals surface area contributed by atoms with E-state index in [-0.39, 0.29) is 108 Å². The normalized spacial score (nSPS) is 19.8. The number of carbonyl (C=O) groups is 9. The van der Waals surface area contributed by atoms with Gasteiger partial charge in [0, 0.05) is 55.4 Å². The first-order valence-corrected chi connectivity index (χ1v) is 42.3. The second-order valence-electron chi connectivity index (χ2n) is 31.7. The van der Waals surface area contributed by atoms with Crippen LogP contribution >= 0.6 is 11.3 Å². The van der Waals surface area contributed by atoms with Crippen molar-refractivity contribution < 1.29 is 52.3 Å². The van der Waals surface area contributed by atoms with Crippen molar-refractivity contribution in [3.63, 3.8) is 0 Å². The van der Waals surface area contributed by atoms with Crippen LogP contribution in [-0.4, -0.2) is 194 Å². The van der Waals surface area contributed by atoms with Crippen molar-refractivity contribution in [1.82, 2.24) is 67.1 Å². The number of methoxy groups -OCH3 is 1. The molecule has 7 amide bonds. The summed E-state index contributed by atoms with van der Waals surface area (Å²) in [4.78, 5) is 132. The summed E-state index contributed by atoms with van der Waals surface area (Å²) < 4.78 is 18.7. The third-order valence-corrected chi connectivity index (χ3v) is 23.1. The first-order valence-electron chi connectivity index (χ1n) is 41.4. The minimum Gasteiger partial charge on any atom is -0.497 e. The SMILES string of the molecule is CC.CC.CC.CC[C@@H](NC(=O)[C@@H]1C[C@H](NC)CN1C(=O)[C@@H](NC(=O)[C@H](C)NC)C(C)(C)C)c1ccccc1.CN[C@@H](C)C(=O)C[C@H](C(=O)N1CCC[C@H]1c1nc(C(=O)c2ccc(F)cc2)cs1)C1CCN(C)CC1.CN[C@@H](C)C(=O)N[C@H](C(=O)N1Cc2cc(OC)ccc2C[C@H]1C(=O)N[C@@H]1CCCc2ccccc21)C(C)(C)C. The van der Waals surface area contributed by atoms with Gasteiger partial charge in [-0.15, -0.1) is 11.3 Å². The molecule has 1 aliphatic carbocycles. The fraction of sp³-hybridized carbons (Fsp3) is 0.596. The zero-order valence-corrected chi connectivity index (χ0v) is 73.1. The van der Waals surface area contributed by atoms with Crippen molar-refractivity contribution in [1.29, 1.82) is 0 Å². The molecule has 1 aromatic heterocycles. The van der Waals surface area contributed by atoms with Gasteiger partial charge in [0.05, 0.1) is 43.4 Å². The van der Waals surface area contributed by atoms with Gasteiger partial charge >= 0.3 is 0 Å². The topological polar surface area (TPSA) is 285 Å². The monoisotopic (exact) mass is 1600 g/mol. The maximum absolute atomic E-state index is 14.2. The number of halogens is 1. The molecular formula is C89H136FN13O10S. The number of Topliss-reactive ketones (excluding diaryl/α,β-unsaturated/α-hetero) is 1. The van der Waals surface area contributed by atoms with E-state index in [0.717, 1.165) is 91.7 Å². The highest BCUT2D eigenvalue weighted by molar-refractivity contribution is 7.10. The van der Waals surface area contributed by atoms with Crippen LogP contribution < -0.4 is 47.3 Å². The first-order chi connectivity index (χ1) is 54.3. The lowest BCUT2D eigenvalue weighted by atomic mass is 9.79. The van der Waals surface area contributed by atoms with E-state index in [1.165, 1.54) is 41.2 Å². The Bertz CT molecular complexity index is 3900. The van der Waals surface area contributed by atoms with Gasteiger partial charge in [-0.25, -0.2) is 9.37 Å². The number of ether oxygens (including phenoxy) is 1. The van der Waals surface area contributed by atoms with Gasteiger partial charge in [-0.1, -0.05) is 151 Å². The number of hydrogen-bond donors (Lipinski definition) is 8. The summed E-state index contributed by atoms with van der Waals surface area (Å²) in [5.41, 5.74) is 5.01. The van der Waals surface area contributed by atoms with Gasteiger partial charge in [0.1, 0.15) is 52.2 Å². The maximum atomic E-state index is 14.2. The molecule has 630 valence electrons. The quantitative estimate of drug-likeness (QED) is 0.0252. The average Bonchev–Trinajstić information content (AvgIpc) is 1.31. The smallest absolute Gasteiger partial charge is 0.246 e. The van der Waals surface area contributed by atoms with Crippen LogP contribution in [0.4, 0.5) is 4.39 Å². The standard InChI is InChI=1S/C31H42N4O4.C27H35FN4O3S.C25H41N5O3.3C2H6/c1-19(32-5)28(36)34-27(31(2,3)4)30(38)35-18-22-16-23(39-6)15-14-21(22)17-26(35)29(37)33-25-13-9-11-20-10-7-8-12-24(20)25;1-17(29-2)24(33)15-21(18-10-13-31(3)14-11-18)27(35)32-12-4-5-23(32)26-30-22(16-36-26)25(34)19-6-8-20(28)9-7-19;1-8-19(17-12-10-9-11-13-17)28-23(32)20-14-18(27-7)15-30(20)24(33)21(25(3,4)5)29-22(31)16(2)26-6;3*1-2/h7-8,10,12,14-16,19,25-27,32H,9,11,13,17-18H2,1-6H3,(H,33,37)(H,34,36);6-9,16-18,21,23,29H,4-5,10-15H2,1-3H3;9-13,16,18-21,26-27H,8,14-15H2,1-7H3,(H,28,32)(H,29,31);3*1-2H3/t19-,25+,26-,27+;17-,21-,23-;16-,18-,19+,20-,21+;;;/m000.../s1. The number of nitrogens with one attached hydrogen (secondary N) is 8. The van der Waals surface area contributed by atoms with E-state index in [9.17, 15) is 47.5 Å². The van der Waals surface area contributed by atoms with E-state index >= 15 is 0 Å². The van der Waals surface area contributed by atoms with E-state index in [1.807, 2.05) is 170 Å². The molecule has 0 radical (unpaired) electrons. The number of hydrogen-bond acceptors (Lipinski definition) is 17. The molecule has 12 atom stereocenters. The molecule has 0 saturated carbocycles. The number of aryl methyl sites for hydroxylation is 1. The van der Waals surface area contributed by atoms with Crippen molar-refractivity contribution in [2.24, 2.45) is 22.7 Å². The molecule has 3 fully saturated rings. The van der Waals surface area contributed by atoms with Gasteiger partial charge in [-0.3, -0.25) is 43.2 Å². The van der Waals surface area contributed by atoms with Crippen LogP contribution in [0.2, 0.25) is 0 Å². The van der Waals surface area contributed by atoms with Crippen molar-refractivity contribution in [2.75, 3.05) is 68.5 Å². The van der Waals surface area contributed by atoms with Gasteiger partial charge in [-0.2, -0.15) is 0 Å². The molecule has 5 aliphatic rings. The van der Waals surface area contributed by atoms with E-state index < -0.39 is 52.9 Å². The molecule has 25 heteroatoms. The summed E-state index contributed by atoms with van der Waals surface area (Å²) in [7, 11) is 10.7. The number of likely N-dealkylation sites (tertiary alicyclic amines) is 3. The molecule has 3 saturated heterocycles. The Kier molecular flexibility index (Phi) is 39.2. The summed E-state index contributed by atoms with van der Waals surface area (Å²) in [5.74, 6) is -1.37. The van der Waals surface area contributed by atoms with Gasteiger partial charge in [0.15, 0.2) is 0 Å².